The first-order chi connectivity index (χ1) is 6.29. The fraction of sp³-hybridized carbons (Fsp3) is 0.455. The van der Waals surface area contributed by atoms with Crippen LogP contribution in [-0.2, 0) is 6.42 Å². The van der Waals surface area contributed by atoms with Crippen molar-refractivity contribution in [2.75, 3.05) is 7.05 Å². The van der Waals surface area contributed by atoms with Crippen LogP contribution in [0.25, 0.3) is 0 Å². The molecular formula is C11H15NO. The molecule has 1 aromatic rings. The number of hydrogen-bond acceptors (Lipinski definition) is 2. The average molecular weight is 177 g/mol. The normalized spacial score (nSPS) is 20.6. The van der Waals surface area contributed by atoms with Crippen LogP contribution in [0.3, 0.4) is 0 Å². The number of hydrogen-bond donors (Lipinski definition) is 1. The molecule has 1 aliphatic rings. The second-order valence-electron chi connectivity index (χ2n) is 3.55. The summed E-state index contributed by atoms with van der Waals surface area (Å²) in [5, 5.41) is 3.14. The summed E-state index contributed by atoms with van der Waals surface area (Å²) in [5.41, 5.74) is 2.65. The first-order valence-corrected chi connectivity index (χ1v) is 4.73. The van der Waals surface area contributed by atoms with Gasteiger partial charge in [0.25, 0.3) is 0 Å². The Morgan fingerprint density at radius 1 is 1.46 bits per heavy atom. The summed E-state index contributed by atoms with van der Waals surface area (Å²) in [6.45, 7) is 2.12. The third-order valence-corrected chi connectivity index (χ3v) is 2.48. The van der Waals surface area contributed by atoms with E-state index in [1.165, 1.54) is 11.1 Å². The number of ether oxygens (including phenoxy) is 1. The molecule has 1 heterocycles. The highest BCUT2D eigenvalue weighted by Gasteiger charge is 2.17. The van der Waals surface area contributed by atoms with Gasteiger partial charge in [-0.3, -0.25) is 5.32 Å². The fourth-order valence-corrected chi connectivity index (χ4v) is 1.72. The molecule has 70 valence electrons. The Bertz CT molecular complexity index is 309. The van der Waals surface area contributed by atoms with Crippen molar-refractivity contribution in [3.8, 4) is 5.75 Å². The smallest absolute Gasteiger partial charge is 0.150 e. The summed E-state index contributed by atoms with van der Waals surface area (Å²) >= 11 is 0. The summed E-state index contributed by atoms with van der Waals surface area (Å²) in [6.07, 6.45) is 2.37. The van der Waals surface area contributed by atoms with Crippen LogP contribution in [0.1, 0.15) is 17.5 Å². The minimum atomic E-state index is 0.190. The Hall–Kier alpha value is -1.02. The molecule has 1 aliphatic heterocycles. The van der Waals surface area contributed by atoms with E-state index in [0.717, 1.165) is 18.6 Å². The molecule has 1 N–H and O–H groups in total. The van der Waals surface area contributed by atoms with Crippen molar-refractivity contribution in [2.24, 2.45) is 0 Å². The first kappa shape index (κ1) is 8.57. The third-order valence-electron chi connectivity index (χ3n) is 2.48. The lowest BCUT2D eigenvalue weighted by Crippen LogP contribution is -2.34. The molecular weight excluding hydrogens is 162 g/mol. The molecule has 0 aliphatic carbocycles. The largest absolute Gasteiger partial charge is 0.475 e. The molecule has 0 spiro atoms. The Kier molecular flexibility index (Phi) is 2.23. The lowest BCUT2D eigenvalue weighted by molar-refractivity contribution is 0.147. The lowest BCUT2D eigenvalue weighted by atomic mass is 10.0. The Balaban J connectivity index is 2.26. The van der Waals surface area contributed by atoms with Gasteiger partial charge in [0.15, 0.2) is 0 Å². The molecule has 0 saturated heterocycles. The van der Waals surface area contributed by atoms with Crippen molar-refractivity contribution >= 4 is 0 Å². The Morgan fingerprint density at radius 3 is 3.08 bits per heavy atom. The monoisotopic (exact) mass is 177 g/mol. The van der Waals surface area contributed by atoms with Crippen molar-refractivity contribution in [1.82, 2.24) is 5.32 Å². The summed E-state index contributed by atoms with van der Waals surface area (Å²) in [5.74, 6) is 1.04. The second kappa shape index (κ2) is 3.38. The second-order valence-corrected chi connectivity index (χ2v) is 3.55. The predicted octanol–water partition coefficient (Wildman–Crippen LogP) is 1.87. The van der Waals surface area contributed by atoms with Crippen molar-refractivity contribution in [1.29, 1.82) is 0 Å². The van der Waals surface area contributed by atoms with Crippen molar-refractivity contribution in [3.63, 3.8) is 0 Å². The molecule has 2 nitrogen and oxygen atoms in total. The molecule has 0 fully saturated rings. The van der Waals surface area contributed by atoms with Gasteiger partial charge in [0, 0.05) is 6.42 Å². The zero-order valence-corrected chi connectivity index (χ0v) is 8.13. The average Bonchev–Trinajstić information content (AvgIpc) is 2.17. The van der Waals surface area contributed by atoms with Crippen molar-refractivity contribution < 1.29 is 4.74 Å². The van der Waals surface area contributed by atoms with E-state index in [2.05, 4.69) is 30.4 Å². The molecule has 2 rings (SSSR count). The van der Waals surface area contributed by atoms with Crippen LogP contribution in [0.15, 0.2) is 18.2 Å². The molecule has 0 radical (unpaired) electrons. The van der Waals surface area contributed by atoms with Gasteiger partial charge >= 0.3 is 0 Å². The number of nitrogens with one attached hydrogen (secondary N) is 1. The SMILES string of the molecule is CNC1CCc2cc(C)ccc2O1. The Morgan fingerprint density at radius 2 is 2.31 bits per heavy atom. The van der Waals surface area contributed by atoms with Crippen LogP contribution in [0.4, 0.5) is 0 Å². The van der Waals surface area contributed by atoms with Gasteiger partial charge in [0.2, 0.25) is 0 Å². The summed E-state index contributed by atoms with van der Waals surface area (Å²) in [6, 6.07) is 6.37. The van der Waals surface area contributed by atoms with Crippen LogP contribution in [-0.4, -0.2) is 13.3 Å². The fourth-order valence-electron chi connectivity index (χ4n) is 1.72. The van der Waals surface area contributed by atoms with Crippen LogP contribution < -0.4 is 10.1 Å². The highest BCUT2D eigenvalue weighted by Crippen LogP contribution is 2.27. The highest BCUT2D eigenvalue weighted by molar-refractivity contribution is 5.38. The van der Waals surface area contributed by atoms with Gasteiger partial charge < -0.3 is 4.74 Å². The minimum absolute atomic E-state index is 0.190. The first-order valence-electron chi connectivity index (χ1n) is 4.73. The maximum absolute atomic E-state index is 5.72. The van der Waals surface area contributed by atoms with Gasteiger partial charge in [-0.05, 0) is 32.0 Å². The van der Waals surface area contributed by atoms with Crippen LogP contribution in [0, 0.1) is 6.92 Å². The van der Waals surface area contributed by atoms with E-state index in [4.69, 9.17) is 4.74 Å². The van der Waals surface area contributed by atoms with Gasteiger partial charge in [-0.15, -0.1) is 0 Å². The zero-order chi connectivity index (χ0) is 9.26. The van der Waals surface area contributed by atoms with Gasteiger partial charge in [0.05, 0.1) is 0 Å². The molecule has 0 amide bonds. The summed E-state index contributed by atoms with van der Waals surface area (Å²) in [4.78, 5) is 0. The third kappa shape index (κ3) is 1.68. The van der Waals surface area contributed by atoms with E-state index in [0.29, 0.717) is 0 Å². The zero-order valence-electron chi connectivity index (χ0n) is 8.13. The van der Waals surface area contributed by atoms with E-state index in [-0.39, 0.29) is 6.23 Å². The Labute approximate surface area is 78.9 Å². The maximum atomic E-state index is 5.72. The van der Waals surface area contributed by atoms with Gasteiger partial charge in [-0.1, -0.05) is 17.7 Å². The van der Waals surface area contributed by atoms with E-state index in [1.54, 1.807) is 0 Å². The highest BCUT2D eigenvalue weighted by atomic mass is 16.5. The van der Waals surface area contributed by atoms with Gasteiger partial charge in [0.1, 0.15) is 12.0 Å². The van der Waals surface area contributed by atoms with Crippen LogP contribution in [0.5, 0.6) is 5.75 Å². The molecule has 2 heteroatoms. The van der Waals surface area contributed by atoms with E-state index in [9.17, 15) is 0 Å². The molecule has 1 aromatic carbocycles. The molecule has 13 heavy (non-hydrogen) atoms. The standard InChI is InChI=1S/C11H15NO/c1-8-3-5-10-9(7-8)4-6-11(12-2)13-10/h3,5,7,11-12H,4,6H2,1-2H3. The van der Waals surface area contributed by atoms with E-state index >= 15 is 0 Å². The summed E-state index contributed by atoms with van der Waals surface area (Å²) < 4.78 is 5.72. The van der Waals surface area contributed by atoms with Crippen molar-refractivity contribution in [3.05, 3.63) is 29.3 Å². The van der Waals surface area contributed by atoms with E-state index < -0.39 is 0 Å². The number of aryl methyl sites for hydroxylation is 2. The van der Waals surface area contributed by atoms with Gasteiger partial charge in [-0.25, -0.2) is 0 Å². The molecule has 1 unspecified atom stereocenters. The lowest BCUT2D eigenvalue weighted by Gasteiger charge is -2.25. The van der Waals surface area contributed by atoms with Crippen LogP contribution >= 0.6 is 0 Å². The molecule has 0 bridgehead atoms. The quantitative estimate of drug-likeness (QED) is 0.707. The summed E-state index contributed by atoms with van der Waals surface area (Å²) in [7, 11) is 1.93. The number of rotatable bonds is 1. The van der Waals surface area contributed by atoms with Crippen LogP contribution in [0.2, 0.25) is 0 Å². The predicted molar refractivity (Wildman–Crippen MR) is 53.0 cm³/mol. The topological polar surface area (TPSA) is 21.3 Å². The van der Waals surface area contributed by atoms with Gasteiger partial charge in [-0.2, -0.15) is 0 Å². The number of fused-ring (bicyclic) bond motifs is 1. The number of benzene rings is 1. The minimum Gasteiger partial charge on any atom is -0.475 e. The molecule has 1 atom stereocenters. The molecule has 0 saturated carbocycles. The maximum Gasteiger partial charge on any atom is 0.150 e. The van der Waals surface area contributed by atoms with E-state index in [1.807, 2.05) is 7.05 Å². The van der Waals surface area contributed by atoms with Crippen molar-refractivity contribution in [2.45, 2.75) is 26.0 Å². The molecule has 0 aromatic heterocycles.